The number of likely N-dealkylation sites (N-methyl/N-ethyl adjacent to an activating group) is 1. The first kappa shape index (κ1) is 21.6. The highest BCUT2D eigenvalue weighted by molar-refractivity contribution is 7.10. The van der Waals surface area contributed by atoms with Gasteiger partial charge in [-0.1, -0.05) is 61.8 Å². The number of thiophene rings is 1. The molecule has 4 nitrogen and oxygen atoms in total. The number of nitrogens with zero attached hydrogens (tertiary/aromatic N) is 2. The van der Waals surface area contributed by atoms with Crippen molar-refractivity contribution in [1.82, 2.24) is 4.90 Å². The average molecular weight is 453 g/mol. The van der Waals surface area contributed by atoms with Crippen LogP contribution in [0.25, 0.3) is 0 Å². The molecule has 0 saturated carbocycles. The van der Waals surface area contributed by atoms with Gasteiger partial charge >= 0.3 is 0 Å². The predicted molar refractivity (Wildman–Crippen MR) is 127 cm³/mol. The van der Waals surface area contributed by atoms with E-state index in [0.29, 0.717) is 22.8 Å². The molecule has 2 amide bonds. The minimum atomic E-state index is -0.521. The smallest absolute Gasteiger partial charge is 0.254 e. The van der Waals surface area contributed by atoms with Crippen molar-refractivity contribution in [2.24, 2.45) is 5.92 Å². The van der Waals surface area contributed by atoms with E-state index < -0.39 is 5.92 Å². The molecule has 1 aliphatic heterocycles. The summed E-state index contributed by atoms with van der Waals surface area (Å²) in [6.07, 6.45) is 0. The number of hydrogen-bond acceptors (Lipinski definition) is 3. The lowest BCUT2D eigenvalue weighted by molar-refractivity contribution is -0.121. The number of hydrogen-bond donors (Lipinski definition) is 0. The zero-order valence-electron chi connectivity index (χ0n) is 17.8. The lowest BCUT2D eigenvalue weighted by atomic mass is 9.80. The molecule has 0 saturated heterocycles. The Morgan fingerprint density at radius 1 is 1.10 bits per heavy atom. The topological polar surface area (TPSA) is 40.6 Å². The molecule has 0 unspecified atom stereocenters. The van der Waals surface area contributed by atoms with Crippen LogP contribution in [0.3, 0.4) is 0 Å². The molecule has 0 N–H and O–H groups in total. The quantitative estimate of drug-likeness (QED) is 0.476. The van der Waals surface area contributed by atoms with Crippen LogP contribution >= 0.6 is 22.9 Å². The maximum absolute atomic E-state index is 14.0. The summed E-state index contributed by atoms with van der Waals surface area (Å²) in [7, 11) is 1.75. The van der Waals surface area contributed by atoms with E-state index in [1.165, 1.54) is 0 Å². The minimum absolute atomic E-state index is 0.0212. The number of rotatable bonds is 5. The largest absolute Gasteiger partial charge is 0.329 e. The number of amides is 2. The molecule has 0 radical (unpaired) electrons. The van der Waals surface area contributed by atoms with Crippen molar-refractivity contribution in [1.29, 1.82) is 0 Å². The normalized spacial score (nSPS) is 18.2. The summed E-state index contributed by atoms with van der Waals surface area (Å²) in [5, 5.41) is 2.51. The van der Waals surface area contributed by atoms with Crippen LogP contribution < -0.4 is 4.90 Å². The minimum Gasteiger partial charge on any atom is -0.329 e. The Kier molecular flexibility index (Phi) is 6.17. The van der Waals surface area contributed by atoms with E-state index in [-0.39, 0.29) is 23.8 Å². The van der Waals surface area contributed by atoms with Crippen LogP contribution in [0.5, 0.6) is 0 Å². The fourth-order valence-electron chi connectivity index (χ4n) is 4.28. The predicted octanol–water partition coefficient (Wildman–Crippen LogP) is 6.00. The number of anilines is 1. The molecule has 1 aliphatic rings. The van der Waals surface area contributed by atoms with Gasteiger partial charge in [0.15, 0.2) is 0 Å². The van der Waals surface area contributed by atoms with Crippen LogP contribution in [0.4, 0.5) is 5.69 Å². The van der Waals surface area contributed by atoms with Gasteiger partial charge in [0.2, 0.25) is 5.91 Å². The van der Waals surface area contributed by atoms with E-state index in [9.17, 15) is 9.59 Å². The molecular formula is C25H25ClN2O2S. The fourth-order valence-corrected chi connectivity index (χ4v) is 5.42. The Balaban J connectivity index is 1.87. The van der Waals surface area contributed by atoms with Crippen molar-refractivity contribution >= 4 is 40.4 Å². The second-order valence-corrected chi connectivity index (χ2v) is 9.61. The number of halogens is 1. The third-order valence-corrected chi connectivity index (χ3v) is 6.91. The van der Waals surface area contributed by atoms with Crippen LogP contribution in [-0.4, -0.2) is 30.3 Å². The summed E-state index contributed by atoms with van der Waals surface area (Å²) in [5.41, 5.74) is 2.03. The van der Waals surface area contributed by atoms with Crippen LogP contribution in [0.15, 0.2) is 66.0 Å². The van der Waals surface area contributed by atoms with E-state index >= 15 is 0 Å². The van der Waals surface area contributed by atoms with Crippen molar-refractivity contribution in [3.05, 3.63) is 87.1 Å². The maximum atomic E-state index is 14.0. The molecule has 0 aliphatic carbocycles. The molecule has 0 bridgehead atoms. The summed E-state index contributed by atoms with van der Waals surface area (Å²) in [6, 6.07) is 18.4. The summed E-state index contributed by atoms with van der Waals surface area (Å²) in [5.74, 6) is -0.353. The first-order valence-electron chi connectivity index (χ1n) is 10.4. The lowest BCUT2D eigenvalue weighted by Crippen LogP contribution is -2.48. The number of benzene rings is 2. The summed E-state index contributed by atoms with van der Waals surface area (Å²) >= 11 is 7.98. The van der Waals surface area contributed by atoms with E-state index in [1.54, 1.807) is 29.4 Å². The molecule has 1 aromatic heterocycles. The highest BCUT2D eigenvalue weighted by Gasteiger charge is 2.45. The second-order valence-electron chi connectivity index (χ2n) is 8.23. The first-order valence-corrected chi connectivity index (χ1v) is 11.6. The van der Waals surface area contributed by atoms with E-state index in [1.807, 2.05) is 64.9 Å². The highest BCUT2D eigenvalue weighted by Crippen LogP contribution is 2.45. The van der Waals surface area contributed by atoms with Crippen LogP contribution in [0.1, 0.15) is 46.6 Å². The molecule has 0 spiro atoms. The average Bonchev–Trinajstić information content (AvgIpc) is 3.29. The number of fused-ring (bicyclic) bond motifs is 1. The molecule has 2 heterocycles. The Hall–Kier alpha value is -2.63. The fraction of sp³-hybridized carbons (Fsp3) is 0.280. The van der Waals surface area contributed by atoms with Crippen molar-refractivity contribution in [2.45, 2.75) is 25.8 Å². The molecule has 4 rings (SSSR count). The number of carbonyl (C=O) groups excluding carboxylic acids is 2. The first-order chi connectivity index (χ1) is 14.9. The van der Waals surface area contributed by atoms with Gasteiger partial charge in [-0.3, -0.25) is 9.59 Å². The zero-order valence-corrected chi connectivity index (χ0v) is 19.4. The van der Waals surface area contributed by atoms with Gasteiger partial charge in [-0.15, -0.1) is 11.3 Å². The van der Waals surface area contributed by atoms with Crippen LogP contribution in [-0.2, 0) is 4.79 Å². The molecule has 6 heteroatoms. The lowest BCUT2D eigenvalue weighted by Gasteiger charge is -2.43. The third-order valence-electron chi connectivity index (χ3n) is 5.65. The summed E-state index contributed by atoms with van der Waals surface area (Å²) in [6.45, 7) is 4.76. The van der Waals surface area contributed by atoms with E-state index in [4.69, 9.17) is 11.6 Å². The summed E-state index contributed by atoms with van der Waals surface area (Å²) in [4.78, 5) is 32.0. The zero-order chi connectivity index (χ0) is 22.1. The molecule has 160 valence electrons. The summed E-state index contributed by atoms with van der Waals surface area (Å²) < 4.78 is 0. The van der Waals surface area contributed by atoms with Crippen LogP contribution in [0.2, 0.25) is 5.02 Å². The molecule has 2 atom stereocenters. The van der Waals surface area contributed by atoms with Gasteiger partial charge in [0.1, 0.15) is 0 Å². The van der Waals surface area contributed by atoms with Gasteiger partial charge in [-0.05, 0) is 41.1 Å². The maximum Gasteiger partial charge on any atom is 0.254 e. The monoisotopic (exact) mass is 452 g/mol. The number of para-hydroxylation sites is 1. The SMILES string of the molecule is CC(C)CN1C(=O)c2ccccc2[C@@H](C(=O)N(C)c2ccccc2Cl)[C@@H]1c1cccs1. The molecule has 3 aromatic rings. The van der Waals surface area contributed by atoms with E-state index in [0.717, 1.165) is 10.4 Å². The standard InChI is InChI=1S/C25H25ClN2O2S/c1-16(2)15-28-23(21-13-8-14-31-21)22(17-9-4-5-10-18(17)24(28)29)25(30)27(3)20-12-7-6-11-19(20)26/h4-14,16,22-23H,15H2,1-3H3/t22-,23+/m1/s1. The van der Waals surface area contributed by atoms with Crippen LogP contribution in [0, 0.1) is 5.92 Å². The Bertz CT molecular complexity index is 1100. The van der Waals surface area contributed by atoms with E-state index in [2.05, 4.69) is 13.8 Å². The molecule has 31 heavy (non-hydrogen) atoms. The van der Waals surface area contributed by atoms with Gasteiger partial charge in [0.25, 0.3) is 5.91 Å². The number of carbonyl (C=O) groups is 2. The third kappa shape index (κ3) is 4.00. The van der Waals surface area contributed by atoms with Gasteiger partial charge < -0.3 is 9.80 Å². The van der Waals surface area contributed by atoms with Gasteiger partial charge in [-0.25, -0.2) is 0 Å². The molecular weight excluding hydrogens is 428 g/mol. The van der Waals surface area contributed by atoms with Gasteiger partial charge in [0.05, 0.1) is 22.7 Å². The second kappa shape index (κ2) is 8.85. The van der Waals surface area contributed by atoms with Crippen molar-refractivity contribution in [3.8, 4) is 0 Å². The molecule has 2 aromatic carbocycles. The van der Waals surface area contributed by atoms with Crippen molar-refractivity contribution in [2.75, 3.05) is 18.5 Å². The Labute approximate surface area is 192 Å². The Morgan fingerprint density at radius 3 is 2.48 bits per heavy atom. The van der Waals surface area contributed by atoms with Gasteiger partial charge in [-0.2, -0.15) is 0 Å². The molecule has 0 fully saturated rings. The van der Waals surface area contributed by atoms with Crippen molar-refractivity contribution < 1.29 is 9.59 Å². The Morgan fingerprint density at radius 2 is 1.81 bits per heavy atom. The van der Waals surface area contributed by atoms with Crippen molar-refractivity contribution in [3.63, 3.8) is 0 Å². The highest BCUT2D eigenvalue weighted by atomic mass is 35.5. The van der Waals surface area contributed by atoms with Gasteiger partial charge in [0, 0.05) is 24.0 Å².